The molecule has 2 aromatic rings. The van der Waals surface area contributed by atoms with Crippen molar-refractivity contribution in [3.8, 4) is 0 Å². The highest BCUT2D eigenvalue weighted by Gasteiger charge is 2.09. The molecule has 1 N–H and O–H groups in total. The summed E-state index contributed by atoms with van der Waals surface area (Å²) in [6.07, 6.45) is 0.195. The van der Waals surface area contributed by atoms with Gasteiger partial charge in [0.1, 0.15) is 0 Å². The van der Waals surface area contributed by atoms with Crippen molar-refractivity contribution in [1.29, 1.82) is 0 Å². The molecule has 0 heterocycles. The monoisotopic (exact) mass is 391 g/mol. The zero-order chi connectivity index (χ0) is 18.9. The SMILES string of the molecule is CC(=O)c1cccc(NC(=O)COC(=O)CCSc2ccc(Cl)cc2)c1. The first-order valence-electron chi connectivity index (χ1n) is 7.89. The lowest BCUT2D eigenvalue weighted by Crippen LogP contribution is -2.21. The van der Waals surface area contributed by atoms with Crippen molar-refractivity contribution >= 4 is 46.7 Å². The number of nitrogens with one attached hydrogen (secondary N) is 1. The minimum absolute atomic E-state index is 0.0919. The summed E-state index contributed by atoms with van der Waals surface area (Å²) in [5, 5.41) is 3.25. The molecule has 0 bridgehead atoms. The standard InChI is InChI=1S/C19H18ClNO4S/c1-13(22)14-3-2-4-16(11-14)21-18(23)12-25-19(24)9-10-26-17-7-5-15(20)6-8-17/h2-8,11H,9-10,12H2,1H3,(H,21,23). The quantitative estimate of drug-likeness (QED) is 0.414. The predicted octanol–water partition coefficient (Wildman–Crippen LogP) is 4.21. The molecule has 7 heteroatoms. The van der Waals surface area contributed by atoms with Gasteiger partial charge in [-0.2, -0.15) is 0 Å². The number of anilines is 1. The molecule has 0 aliphatic heterocycles. The molecule has 0 aliphatic carbocycles. The van der Waals surface area contributed by atoms with Crippen LogP contribution in [0, 0.1) is 0 Å². The molecule has 0 saturated carbocycles. The zero-order valence-corrected chi connectivity index (χ0v) is 15.7. The summed E-state index contributed by atoms with van der Waals surface area (Å²) in [6, 6.07) is 13.9. The molecule has 0 unspecified atom stereocenters. The Hall–Kier alpha value is -2.31. The number of hydrogen-bond donors (Lipinski definition) is 1. The second-order valence-electron chi connectivity index (χ2n) is 5.40. The van der Waals surface area contributed by atoms with Crippen LogP contribution in [0.25, 0.3) is 0 Å². The first-order chi connectivity index (χ1) is 12.4. The van der Waals surface area contributed by atoms with Gasteiger partial charge in [0.2, 0.25) is 0 Å². The predicted molar refractivity (Wildman–Crippen MR) is 103 cm³/mol. The Morgan fingerprint density at radius 2 is 1.85 bits per heavy atom. The number of ketones is 1. The number of carbonyl (C=O) groups is 3. The Labute approximate surface area is 161 Å². The Morgan fingerprint density at radius 1 is 1.12 bits per heavy atom. The summed E-state index contributed by atoms with van der Waals surface area (Å²) in [5.41, 5.74) is 0.982. The fourth-order valence-electron chi connectivity index (χ4n) is 2.01. The van der Waals surface area contributed by atoms with E-state index >= 15 is 0 Å². The zero-order valence-electron chi connectivity index (χ0n) is 14.2. The number of rotatable bonds is 8. The average Bonchev–Trinajstić information content (AvgIpc) is 2.62. The van der Waals surface area contributed by atoms with Crippen LogP contribution < -0.4 is 5.32 Å². The molecule has 0 saturated heterocycles. The van der Waals surface area contributed by atoms with Crippen molar-refractivity contribution in [2.75, 3.05) is 17.7 Å². The Bertz CT molecular complexity index is 792. The third-order valence-corrected chi connectivity index (χ3v) is 4.57. The Kier molecular flexibility index (Phi) is 7.69. The molecule has 0 atom stereocenters. The van der Waals surface area contributed by atoms with Gasteiger partial charge in [-0.05, 0) is 43.3 Å². The highest BCUT2D eigenvalue weighted by Crippen LogP contribution is 2.21. The van der Waals surface area contributed by atoms with Gasteiger partial charge in [0.25, 0.3) is 5.91 Å². The minimum atomic E-state index is -0.454. The van der Waals surface area contributed by atoms with E-state index in [4.69, 9.17) is 16.3 Å². The molecule has 136 valence electrons. The second-order valence-corrected chi connectivity index (χ2v) is 7.00. The van der Waals surface area contributed by atoms with Crippen molar-refractivity contribution in [3.63, 3.8) is 0 Å². The van der Waals surface area contributed by atoms with E-state index in [0.29, 0.717) is 22.0 Å². The first kappa shape index (κ1) is 20.0. The van der Waals surface area contributed by atoms with Crippen LogP contribution in [-0.4, -0.2) is 30.0 Å². The Morgan fingerprint density at radius 3 is 2.54 bits per heavy atom. The fourth-order valence-corrected chi connectivity index (χ4v) is 2.97. The molecule has 26 heavy (non-hydrogen) atoms. The van der Waals surface area contributed by atoms with E-state index in [-0.39, 0.29) is 18.8 Å². The lowest BCUT2D eigenvalue weighted by atomic mass is 10.1. The molecule has 0 radical (unpaired) electrons. The van der Waals surface area contributed by atoms with Crippen LogP contribution >= 0.6 is 23.4 Å². The average molecular weight is 392 g/mol. The van der Waals surface area contributed by atoms with Crippen LogP contribution in [0.15, 0.2) is 53.4 Å². The van der Waals surface area contributed by atoms with Crippen LogP contribution in [0.1, 0.15) is 23.7 Å². The van der Waals surface area contributed by atoms with Gasteiger partial charge in [-0.1, -0.05) is 23.7 Å². The lowest BCUT2D eigenvalue weighted by molar-refractivity contribution is -0.146. The molecular weight excluding hydrogens is 374 g/mol. The molecule has 2 aromatic carbocycles. The summed E-state index contributed by atoms with van der Waals surface area (Å²) in [4.78, 5) is 35.9. The van der Waals surface area contributed by atoms with Crippen molar-refractivity contribution in [2.45, 2.75) is 18.2 Å². The number of amides is 1. The normalized spacial score (nSPS) is 10.2. The highest BCUT2D eigenvalue weighted by molar-refractivity contribution is 7.99. The number of carbonyl (C=O) groups excluding carboxylic acids is 3. The highest BCUT2D eigenvalue weighted by atomic mass is 35.5. The van der Waals surface area contributed by atoms with Crippen LogP contribution in [0.2, 0.25) is 5.02 Å². The Balaban J connectivity index is 1.69. The van der Waals surface area contributed by atoms with Crippen molar-refractivity contribution in [1.82, 2.24) is 0 Å². The van der Waals surface area contributed by atoms with E-state index in [1.165, 1.54) is 18.7 Å². The van der Waals surface area contributed by atoms with E-state index in [1.54, 1.807) is 36.4 Å². The number of thioether (sulfide) groups is 1. The summed E-state index contributed by atoms with van der Waals surface area (Å²) >= 11 is 7.32. The third kappa shape index (κ3) is 6.90. The van der Waals surface area contributed by atoms with Crippen LogP contribution in [0.4, 0.5) is 5.69 Å². The van der Waals surface area contributed by atoms with Gasteiger partial charge in [-0.15, -0.1) is 11.8 Å². The maximum atomic E-state index is 11.8. The number of hydrogen-bond acceptors (Lipinski definition) is 5. The number of benzene rings is 2. The fraction of sp³-hybridized carbons (Fsp3) is 0.211. The molecule has 0 fully saturated rings. The van der Waals surface area contributed by atoms with E-state index in [9.17, 15) is 14.4 Å². The molecule has 0 aromatic heterocycles. The van der Waals surface area contributed by atoms with E-state index in [1.807, 2.05) is 12.1 Å². The maximum Gasteiger partial charge on any atom is 0.307 e. The molecule has 5 nitrogen and oxygen atoms in total. The smallest absolute Gasteiger partial charge is 0.307 e. The number of esters is 1. The van der Waals surface area contributed by atoms with E-state index in [2.05, 4.69) is 5.32 Å². The van der Waals surface area contributed by atoms with Crippen molar-refractivity contribution < 1.29 is 19.1 Å². The van der Waals surface area contributed by atoms with Crippen molar-refractivity contribution in [2.24, 2.45) is 0 Å². The molecule has 0 spiro atoms. The third-order valence-electron chi connectivity index (χ3n) is 3.31. The molecule has 1 amide bonds. The van der Waals surface area contributed by atoms with Crippen LogP contribution in [0.3, 0.4) is 0 Å². The number of ether oxygens (including phenoxy) is 1. The van der Waals surface area contributed by atoms with Gasteiger partial charge in [-0.25, -0.2) is 0 Å². The summed E-state index contributed by atoms with van der Waals surface area (Å²) in [5.74, 6) is -0.447. The number of halogens is 1. The molecule has 2 rings (SSSR count). The van der Waals surface area contributed by atoms with Crippen molar-refractivity contribution in [3.05, 3.63) is 59.1 Å². The summed E-state index contributed by atoms with van der Waals surface area (Å²) in [7, 11) is 0. The van der Waals surface area contributed by atoms with Crippen LogP contribution in [0.5, 0.6) is 0 Å². The van der Waals surface area contributed by atoms with Gasteiger partial charge in [0.15, 0.2) is 12.4 Å². The summed E-state index contributed by atoms with van der Waals surface area (Å²) in [6.45, 7) is 1.08. The van der Waals surface area contributed by atoms with Gasteiger partial charge in [0.05, 0.1) is 6.42 Å². The molecular formula is C19H18ClNO4S. The minimum Gasteiger partial charge on any atom is -0.456 e. The lowest BCUT2D eigenvalue weighted by Gasteiger charge is -2.07. The van der Waals surface area contributed by atoms with Crippen LogP contribution in [-0.2, 0) is 14.3 Å². The van der Waals surface area contributed by atoms with Gasteiger partial charge in [0, 0.05) is 26.9 Å². The van der Waals surface area contributed by atoms with E-state index in [0.717, 1.165) is 4.90 Å². The van der Waals surface area contributed by atoms with E-state index < -0.39 is 11.9 Å². The second kappa shape index (κ2) is 9.99. The maximum absolute atomic E-state index is 11.8. The number of Topliss-reactive ketones (excluding diaryl/α,β-unsaturated/α-hetero) is 1. The summed E-state index contributed by atoms with van der Waals surface area (Å²) < 4.78 is 4.96. The first-order valence-corrected chi connectivity index (χ1v) is 9.25. The van der Waals surface area contributed by atoms with Gasteiger partial charge < -0.3 is 10.1 Å². The topological polar surface area (TPSA) is 72.5 Å². The largest absolute Gasteiger partial charge is 0.456 e. The van der Waals surface area contributed by atoms with Gasteiger partial charge >= 0.3 is 5.97 Å². The molecule has 0 aliphatic rings. The van der Waals surface area contributed by atoms with Gasteiger partial charge in [-0.3, -0.25) is 14.4 Å².